The van der Waals surface area contributed by atoms with Crippen molar-refractivity contribution < 1.29 is 32.6 Å². The quantitative estimate of drug-likeness (QED) is 0.762. The zero-order chi connectivity index (χ0) is 18.8. The summed E-state index contributed by atoms with van der Waals surface area (Å²) in [5.41, 5.74) is -1.14. The van der Waals surface area contributed by atoms with Crippen LogP contribution >= 0.6 is 0 Å². The van der Waals surface area contributed by atoms with Crippen molar-refractivity contribution in [2.45, 2.75) is 30.2 Å². The van der Waals surface area contributed by atoms with Crippen molar-refractivity contribution >= 4 is 22.0 Å². The number of methoxy groups -OCH3 is 2. The summed E-state index contributed by atoms with van der Waals surface area (Å²) in [5.74, 6) is -1.56. The van der Waals surface area contributed by atoms with Crippen LogP contribution in [-0.4, -0.2) is 62.7 Å². The van der Waals surface area contributed by atoms with Crippen molar-refractivity contribution in [2.75, 3.05) is 27.4 Å². The molecule has 0 spiro atoms. The van der Waals surface area contributed by atoms with Crippen molar-refractivity contribution in [3.05, 3.63) is 29.3 Å². The molecule has 0 aromatic heterocycles. The number of carbonyl (C=O) groups is 2. The van der Waals surface area contributed by atoms with Crippen LogP contribution in [0, 0.1) is 0 Å². The minimum Gasteiger partial charge on any atom is -0.465 e. The van der Waals surface area contributed by atoms with Crippen LogP contribution < -0.4 is 0 Å². The molecular weight excluding hydrogens is 350 g/mol. The maximum atomic E-state index is 13.2. The van der Waals surface area contributed by atoms with Gasteiger partial charge in [0.1, 0.15) is 0 Å². The molecule has 1 aliphatic heterocycles. The Balaban J connectivity index is 2.65. The van der Waals surface area contributed by atoms with E-state index < -0.39 is 27.5 Å². The molecule has 0 radical (unpaired) electrons. The topological polar surface area (TPSA) is 110 Å². The third kappa shape index (κ3) is 3.39. The number of esters is 2. The third-order valence-corrected chi connectivity index (χ3v) is 6.49. The highest BCUT2D eigenvalue weighted by atomic mass is 32.2. The number of rotatable bonds is 5. The van der Waals surface area contributed by atoms with E-state index in [2.05, 4.69) is 9.47 Å². The molecule has 1 heterocycles. The van der Waals surface area contributed by atoms with Gasteiger partial charge in [-0.05, 0) is 38.0 Å². The van der Waals surface area contributed by atoms with Crippen molar-refractivity contribution in [1.29, 1.82) is 0 Å². The number of hydrogen-bond acceptors (Lipinski definition) is 7. The molecule has 1 aliphatic rings. The molecule has 1 aromatic rings. The fourth-order valence-electron chi connectivity index (χ4n) is 2.94. The number of hydrogen-bond donors (Lipinski definition) is 1. The predicted octanol–water partition coefficient (Wildman–Crippen LogP) is 0.795. The number of aliphatic hydroxyl groups is 1. The van der Waals surface area contributed by atoms with E-state index in [1.807, 2.05) is 0 Å². The fourth-order valence-corrected chi connectivity index (χ4v) is 4.99. The summed E-state index contributed by atoms with van der Waals surface area (Å²) in [6.07, 6.45) is 1.08. The summed E-state index contributed by atoms with van der Waals surface area (Å²) in [6, 6.07) is 3.62. The Morgan fingerprint density at radius 2 is 1.88 bits per heavy atom. The number of aliphatic hydroxyl groups excluding tert-OH is 1. The lowest BCUT2D eigenvalue weighted by Crippen LogP contribution is -2.47. The van der Waals surface area contributed by atoms with Gasteiger partial charge in [-0.15, -0.1) is 0 Å². The van der Waals surface area contributed by atoms with E-state index in [9.17, 15) is 23.1 Å². The lowest BCUT2D eigenvalue weighted by molar-refractivity contribution is 0.0582. The highest BCUT2D eigenvalue weighted by molar-refractivity contribution is 7.89. The minimum atomic E-state index is -4.14. The molecule has 1 aromatic carbocycles. The molecule has 1 fully saturated rings. The van der Waals surface area contributed by atoms with E-state index in [4.69, 9.17) is 0 Å². The first-order chi connectivity index (χ1) is 11.7. The van der Waals surface area contributed by atoms with Crippen molar-refractivity contribution in [2.24, 2.45) is 0 Å². The van der Waals surface area contributed by atoms with Crippen LogP contribution in [-0.2, 0) is 19.5 Å². The van der Waals surface area contributed by atoms with Gasteiger partial charge < -0.3 is 14.6 Å². The average Bonchev–Trinajstić information content (AvgIpc) is 3.03. The zero-order valence-electron chi connectivity index (χ0n) is 14.3. The standard InChI is InChI=1S/C16H21NO7S/c1-16(10-18)7-4-8-17(16)25(21,22)13-9-11(14(19)23-2)5-6-12(13)15(20)24-3/h5-6,9,18H,4,7-8,10H2,1-3H3/t16-/m0/s1. The molecule has 9 heteroatoms. The third-order valence-electron chi connectivity index (χ3n) is 4.40. The number of sulfonamides is 1. The molecule has 0 aliphatic carbocycles. The van der Waals surface area contributed by atoms with Gasteiger partial charge in [0, 0.05) is 6.54 Å². The molecule has 2 rings (SSSR count). The first-order valence-corrected chi connectivity index (χ1v) is 9.09. The largest absolute Gasteiger partial charge is 0.465 e. The highest BCUT2D eigenvalue weighted by Gasteiger charge is 2.45. The van der Waals surface area contributed by atoms with Crippen molar-refractivity contribution in [3.8, 4) is 0 Å². The lowest BCUT2D eigenvalue weighted by atomic mass is 10.0. The van der Waals surface area contributed by atoms with Gasteiger partial charge in [0.2, 0.25) is 10.0 Å². The van der Waals surface area contributed by atoms with Crippen molar-refractivity contribution in [1.82, 2.24) is 4.31 Å². The SMILES string of the molecule is COC(=O)c1ccc(C(=O)OC)c(S(=O)(=O)N2CCC[C@@]2(C)CO)c1. The first-order valence-electron chi connectivity index (χ1n) is 7.65. The van der Waals surface area contributed by atoms with Crippen LogP contribution in [0.15, 0.2) is 23.1 Å². The van der Waals surface area contributed by atoms with Crippen LogP contribution in [0.1, 0.15) is 40.5 Å². The van der Waals surface area contributed by atoms with Gasteiger partial charge in [0.05, 0.1) is 42.4 Å². The highest BCUT2D eigenvalue weighted by Crippen LogP contribution is 2.35. The van der Waals surface area contributed by atoms with E-state index >= 15 is 0 Å². The number of benzene rings is 1. The van der Waals surface area contributed by atoms with Crippen LogP contribution in [0.5, 0.6) is 0 Å². The maximum Gasteiger partial charge on any atom is 0.339 e. The Bertz CT molecular complexity index is 790. The summed E-state index contributed by atoms with van der Waals surface area (Å²) in [7, 11) is -1.83. The normalized spacial score (nSPS) is 21.1. The van der Waals surface area contributed by atoms with Crippen LogP contribution in [0.2, 0.25) is 0 Å². The maximum absolute atomic E-state index is 13.2. The molecule has 0 saturated carbocycles. The van der Waals surface area contributed by atoms with E-state index in [1.165, 1.54) is 23.5 Å². The Morgan fingerprint density at radius 1 is 1.24 bits per heavy atom. The van der Waals surface area contributed by atoms with Gasteiger partial charge in [-0.2, -0.15) is 4.31 Å². The summed E-state index contributed by atoms with van der Waals surface area (Å²) in [4.78, 5) is 23.4. The summed E-state index contributed by atoms with van der Waals surface area (Å²) in [5, 5.41) is 9.64. The number of carbonyl (C=O) groups excluding carboxylic acids is 2. The molecule has 0 amide bonds. The second-order valence-electron chi connectivity index (χ2n) is 6.03. The summed E-state index contributed by atoms with van der Waals surface area (Å²) in [6.45, 7) is 1.50. The van der Waals surface area contributed by atoms with Crippen molar-refractivity contribution in [3.63, 3.8) is 0 Å². The van der Waals surface area contributed by atoms with Gasteiger partial charge in [-0.1, -0.05) is 0 Å². The molecule has 0 bridgehead atoms. The smallest absolute Gasteiger partial charge is 0.339 e. The fraction of sp³-hybridized carbons (Fsp3) is 0.500. The van der Waals surface area contributed by atoms with Crippen LogP contribution in [0.3, 0.4) is 0 Å². The van der Waals surface area contributed by atoms with Gasteiger partial charge in [-0.25, -0.2) is 18.0 Å². The van der Waals surface area contributed by atoms with E-state index in [-0.39, 0.29) is 29.2 Å². The molecule has 138 valence electrons. The summed E-state index contributed by atoms with van der Waals surface area (Å²) >= 11 is 0. The van der Waals surface area contributed by atoms with Crippen LogP contribution in [0.25, 0.3) is 0 Å². The second-order valence-corrected chi connectivity index (χ2v) is 7.86. The molecular formula is C16H21NO7S. The Hall–Kier alpha value is -1.97. The molecule has 1 atom stereocenters. The van der Waals surface area contributed by atoms with E-state index in [0.29, 0.717) is 12.8 Å². The second kappa shape index (κ2) is 7.11. The van der Waals surface area contributed by atoms with Crippen LogP contribution in [0.4, 0.5) is 0 Å². The minimum absolute atomic E-state index is 0.00127. The van der Waals surface area contributed by atoms with Gasteiger partial charge in [0.15, 0.2) is 0 Å². The Labute approximate surface area is 146 Å². The lowest BCUT2D eigenvalue weighted by Gasteiger charge is -2.32. The molecule has 1 N–H and O–H groups in total. The molecule has 1 saturated heterocycles. The molecule has 25 heavy (non-hydrogen) atoms. The van der Waals surface area contributed by atoms with Gasteiger partial charge >= 0.3 is 11.9 Å². The molecule has 0 unspecified atom stereocenters. The first kappa shape index (κ1) is 19.4. The van der Waals surface area contributed by atoms with E-state index in [1.54, 1.807) is 6.92 Å². The monoisotopic (exact) mass is 371 g/mol. The Morgan fingerprint density at radius 3 is 2.44 bits per heavy atom. The van der Waals surface area contributed by atoms with E-state index in [0.717, 1.165) is 13.2 Å². The number of ether oxygens (including phenoxy) is 2. The Kier molecular flexibility index (Phi) is 5.50. The average molecular weight is 371 g/mol. The van der Waals surface area contributed by atoms with Gasteiger partial charge in [-0.3, -0.25) is 0 Å². The zero-order valence-corrected chi connectivity index (χ0v) is 15.1. The molecule has 8 nitrogen and oxygen atoms in total. The predicted molar refractivity (Wildman–Crippen MR) is 87.7 cm³/mol. The number of nitrogens with zero attached hydrogens (tertiary/aromatic N) is 1. The van der Waals surface area contributed by atoms with Gasteiger partial charge in [0.25, 0.3) is 0 Å². The summed E-state index contributed by atoms with van der Waals surface area (Å²) < 4.78 is 36.8.